The Morgan fingerprint density at radius 1 is 1.56 bits per heavy atom. The van der Waals surface area contributed by atoms with Crippen LogP contribution in [0.3, 0.4) is 0 Å². The molecular weight excluding hydrogens is 204 g/mol. The fraction of sp³-hybridized carbons (Fsp3) is 0.417. The number of carbonyl (C=O) groups excluding carboxylic acids is 1. The molecule has 1 aromatic carbocycles. The fourth-order valence-corrected chi connectivity index (χ4v) is 1.79. The van der Waals surface area contributed by atoms with E-state index < -0.39 is 0 Å². The molecular formula is C12H16N2O2. The molecule has 1 fully saturated rings. The zero-order chi connectivity index (χ0) is 11.4. The number of amides is 1. The van der Waals surface area contributed by atoms with E-state index in [1.807, 2.05) is 18.2 Å². The second-order valence-electron chi connectivity index (χ2n) is 4.01. The van der Waals surface area contributed by atoms with Gasteiger partial charge in [0, 0.05) is 24.8 Å². The number of hydrogen-bond acceptors (Lipinski definition) is 3. The maximum atomic E-state index is 11.0. The first-order chi connectivity index (χ1) is 7.75. The van der Waals surface area contributed by atoms with Crippen molar-refractivity contribution < 1.29 is 9.53 Å². The van der Waals surface area contributed by atoms with Crippen LogP contribution in [0.25, 0.3) is 0 Å². The molecule has 1 aliphatic heterocycles. The van der Waals surface area contributed by atoms with Crippen LogP contribution in [0.5, 0.6) is 0 Å². The lowest BCUT2D eigenvalue weighted by atomic mass is 10.1. The summed E-state index contributed by atoms with van der Waals surface area (Å²) in [6.45, 7) is 2.35. The number of rotatable bonds is 4. The Hall–Kier alpha value is -1.39. The van der Waals surface area contributed by atoms with E-state index in [1.54, 1.807) is 6.07 Å². The van der Waals surface area contributed by atoms with Crippen molar-refractivity contribution in [2.24, 2.45) is 5.73 Å². The molecule has 1 atom stereocenters. The summed E-state index contributed by atoms with van der Waals surface area (Å²) in [5.74, 6) is -0.383. The first kappa shape index (κ1) is 11.1. The standard InChI is InChI=1S/C12H16N2O2/c13-12(15)10-3-1-2-9(6-10)7-14-11-4-5-16-8-11/h1-3,6,11,14H,4-5,7-8H2,(H2,13,15). The molecule has 1 aliphatic rings. The average Bonchev–Trinajstić information content (AvgIpc) is 2.79. The maximum absolute atomic E-state index is 11.0. The summed E-state index contributed by atoms with van der Waals surface area (Å²) in [7, 11) is 0. The highest BCUT2D eigenvalue weighted by Gasteiger charge is 2.14. The summed E-state index contributed by atoms with van der Waals surface area (Å²) in [5.41, 5.74) is 6.85. The lowest BCUT2D eigenvalue weighted by Crippen LogP contribution is -2.28. The topological polar surface area (TPSA) is 64.4 Å². The molecule has 3 N–H and O–H groups in total. The van der Waals surface area contributed by atoms with Gasteiger partial charge < -0.3 is 15.8 Å². The fourth-order valence-electron chi connectivity index (χ4n) is 1.79. The minimum absolute atomic E-state index is 0.383. The first-order valence-electron chi connectivity index (χ1n) is 5.45. The molecule has 0 radical (unpaired) electrons. The first-order valence-corrected chi connectivity index (χ1v) is 5.45. The van der Waals surface area contributed by atoms with Gasteiger partial charge in [-0.25, -0.2) is 0 Å². The molecule has 0 spiro atoms. The Morgan fingerprint density at radius 3 is 3.12 bits per heavy atom. The van der Waals surface area contributed by atoms with E-state index in [4.69, 9.17) is 10.5 Å². The lowest BCUT2D eigenvalue weighted by Gasteiger charge is -2.10. The maximum Gasteiger partial charge on any atom is 0.248 e. The molecule has 0 aliphatic carbocycles. The van der Waals surface area contributed by atoms with Crippen LogP contribution in [0, 0.1) is 0 Å². The summed E-state index contributed by atoms with van der Waals surface area (Å²) < 4.78 is 5.27. The number of hydrogen-bond donors (Lipinski definition) is 2. The van der Waals surface area contributed by atoms with E-state index in [9.17, 15) is 4.79 Å². The van der Waals surface area contributed by atoms with Gasteiger partial charge >= 0.3 is 0 Å². The SMILES string of the molecule is NC(=O)c1cccc(CNC2CCOC2)c1. The average molecular weight is 220 g/mol. The normalized spacial score (nSPS) is 19.9. The van der Waals surface area contributed by atoms with Gasteiger partial charge in [0.05, 0.1) is 6.61 Å². The Kier molecular flexibility index (Phi) is 3.54. The van der Waals surface area contributed by atoms with E-state index in [0.29, 0.717) is 11.6 Å². The predicted octanol–water partition coefficient (Wildman–Crippen LogP) is 0.664. The van der Waals surface area contributed by atoms with Crippen molar-refractivity contribution in [1.82, 2.24) is 5.32 Å². The number of nitrogens with one attached hydrogen (secondary N) is 1. The number of primary amides is 1. The van der Waals surface area contributed by atoms with Crippen molar-refractivity contribution in [3.05, 3.63) is 35.4 Å². The van der Waals surface area contributed by atoms with E-state index in [1.165, 1.54) is 0 Å². The van der Waals surface area contributed by atoms with Crippen molar-refractivity contribution in [2.45, 2.75) is 19.0 Å². The van der Waals surface area contributed by atoms with Crippen LogP contribution >= 0.6 is 0 Å². The van der Waals surface area contributed by atoms with E-state index in [-0.39, 0.29) is 5.91 Å². The summed E-state index contributed by atoms with van der Waals surface area (Å²) in [5, 5.41) is 3.39. The highest BCUT2D eigenvalue weighted by atomic mass is 16.5. The Bertz CT molecular complexity index is 373. The molecule has 4 heteroatoms. The highest BCUT2D eigenvalue weighted by molar-refractivity contribution is 5.92. The number of nitrogens with two attached hydrogens (primary N) is 1. The second kappa shape index (κ2) is 5.09. The molecule has 1 heterocycles. The highest BCUT2D eigenvalue weighted by Crippen LogP contribution is 2.07. The smallest absolute Gasteiger partial charge is 0.248 e. The van der Waals surface area contributed by atoms with Crippen LogP contribution < -0.4 is 11.1 Å². The molecule has 2 rings (SSSR count). The molecule has 1 amide bonds. The van der Waals surface area contributed by atoms with Gasteiger partial charge in [0.25, 0.3) is 0 Å². The van der Waals surface area contributed by atoms with E-state index in [0.717, 1.165) is 31.7 Å². The summed E-state index contributed by atoms with van der Waals surface area (Å²) in [6, 6.07) is 7.81. The number of benzene rings is 1. The largest absolute Gasteiger partial charge is 0.380 e. The third-order valence-electron chi connectivity index (χ3n) is 2.74. The van der Waals surface area contributed by atoms with Crippen LogP contribution in [0.2, 0.25) is 0 Å². The van der Waals surface area contributed by atoms with Gasteiger partial charge in [0.15, 0.2) is 0 Å². The van der Waals surface area contributed by atoms with Crippen molar-refractivity contribution in [2.75, 3.05) is 13.2 Å². The van der Waals surface area contributed by atoms with Crippen LogP contribution in [0.15, 0.2) is 24.3 Å². The molecule has 0 aromatic heterocycles. The van der Waals surface area contributed by atoms with Crippen molar-refractivity contribution in [1.29, 1.82) is 0 Å². The summed E-state index contributed by atoms with van der Waals surface area (Å²) in [4.78, 5) is 11.0. The van der Waals surface area contributed by atoms with E-state index >= 15 is 0 Å². The predicted molar refractivity (Wildman–Crippen MR) is 61.0 cm³/mol. The monoisotopic (exact) mass is 220 g/mol. The van der Waals surface area contributed by atoms with Gasteiger partial charge in [0.2, 0.25) is 5.91 Å². The molecule has 16 heavy (non-hydrogen) atoms. The molecule has 86 valence electrons. The van der Waals surface area contributed by atoms with Gasteiger partial charge in [-0.3, -0.25) is 4.79 Å². The van der Waals surface area contributed by atoms with Crippen molar-refractivity contribution in [3.8, 4) is 0 Å². The molecule has 1 unspecified atom stereocenters. The summed E-state index contributed by atoms with van der Waals surface area (Å²) in [6.07, 6.45) is 1.05. The number of carbonyl (C=O) groups is 1. The molecule has 1 saturated heterocycles. The lowest BCUT2D eigenvalue weighted by molar-refractivity contribution is 0.1000. The second-order valence-corrected chi connectivity index (χ2v) is 4.01. The van der Waals surface area contributed by atoms with Gasteiger partial charge in [0.1, 0.15) is 0 Å². The Morgan fingerprint density at radius 2 is 2.44 bits per heavy atom. The van der Waals surface area contributed by atoms with Crippen LogP contribution in [0.4, 0.5) is 0 Å². The van der Waals surface area contributed by atoms with Crippen LogP contribution in [-0.2, 0) is 11.3 Å². The quantitative estimate of drug-likeness (QED) is 0.783. The number of ether oxygens (including phenoxy) is 1. The zero-order valence-corrected chi connectivity index (χ0v) is 9.11. The van der Waals surface area contributed by atoms with Gasteiger partial charge in [-0.1, -0.05) is 12.1 Å². The Balaban J connectivity index is 1.93. The third kappa shape index (κ3) is 2.81. The van der Waals surface area contributed by atoms with Crippen LogP contribution in [-0.4, -0.2) is 25.2 Å². The van der Waals surface area contributed by atoms with Crippen LogP contribution in [0.1, 0.15) is 22.3 Å². The molecule has 4 nitrogen and oxygen atoms in total. The van der Waals surface area contributed by atoms with Gasteiger partial charge in [-0.15, -0.1) is 0 Å². The zero-order valence-electron chi connectivity index (χ0n) is 9.11. The van der Waals surface area contributed by atoms with Gasteiger partial charge in [-0.05, 0) is 24.1 Å². The van der Waals surface area contributed by atoms with Gasteiger partial charge in [-0.2, -0.15) is 0 Å². The molecule has 1 aromatic rings. The molecule has 0 saturated carbocycles. The van der Waals surface area contributed by atoms with Crippen molar-refractivity contribution >= 4 is 5.91 Å². The summed E-state index contributed by atoms with van der Waals surface area (Å²) >= 11 is 0. The van der Waals surface area contributed by atoms with Crippen molar-refractivity contribution in [3.63, 3.8) is 0 Å². The Labute approximate surface area is 94.8 Å². The van der Waals surface area contributed by atoms with E-state index in [2.05, 4.69) is 5.32 Å². The minimum atomic E-state index is -0.383. The minimum Gasteiger partial charge on any atom is -0.380 e. The third-order valence-corrected chi connectivity index (χ3v) is 2.74. The molecule has 0 bridgehead atoms.